The number of nitrogens with zero attached hydrogens (tertiary/aromatic N) is 4. The number of halogens is 2. The summed E-state index contributed by atoms with van der Waals surface area (Å²) in [6.07, 6.45) is 0.397. The average molecular weight is 336 g/mol. The molecule has 0 bridgehead atoms. The molecule has 2 aromatic heterocycles. The molecule has 23 heavy (non-hydrogen) atoms. The molecule has 0 aliphatic heterocycles. The van der Waals surface area contributed by atoms with E-state index >= 15 is 0 Å². The SMILES string of the molecule is COC(=O)n1nc(C)c2cc(Nc3nc(Cl)ncc3F)ccc21. The van der Waals surface area contributed by atoms with Crippen molar-refractivity contribution in [3.05, 3.63) is 41.2 Å². The maximum absolute atomic E-state index is 13.7. The first kappa shape index (κ1) is 15.2. The van der Waals surface area contributed by atoms with E-state index < -0.39 is 11.9 Å². The molecule has 118 valence electrons. The normalized spacial score (nSPS) is 10.8. The van der Waals surface area contributed by atoms with Crippen LogP contribution in [-0.4, -0.2) is 33.0 Å². The van der Waals surface area contributed by atoms with Crippen molar-refractivity contribution in [3.63, 3.8) is 0 Å². The number of carbonyl (C=O) groups is 1. The van der Waals surface area contributed by atoms with Crippen molar-refractivity contribution in [2.45, 2.75) is 6.92 Å². The van der Waals surface area contributed by atoms with E-state index in [-0.39, 0.29) is 11.1 Å². The second kappa shape index (κ2) is 5.81. The zero-order valence-corrected chi connectivity index (χ0v) is 12.9. The van der Waals surface area contributed by atoms with Gasteiger partial charge in [0.1, 0.15) is 0 Å². The molecule has 0 aliphatic carbocycles. The second-order valence-corrected chi connectivity index (χ2v) is 5.00. The molecule has 3 rings (SSSR count). The fraction of sp³-hybridized carbons (Fsp3) is 0.143. The molecule has 0 aliphatic rings. The van der Waals surface area contributed by atoms with Gasteiger partial charge in [0.2, 0.25) is 5.28 Å². The number of methoxy groups -OCH3 is 1. The number of hydrogen-bond donors (Lipinski definition) is 1. The predicted molar refractivity (Wildman–Crippen MR) is 82.6 cm³/mol. The average Bonchev–Trinajstić information content (AvgIpc) is 2.87. The standard InChI is InChI=1S/C14H11ClFN5O2/c1-7-9-5-8(18-12-10(16)6-17-13(15)19-12)3-4-11(9)21(20-7)14(22)23-2/h3-6H,1-2H3,(H,17,18,19). The Kier molecular flexibility index (Phi) is 3.83. The lowest BCUT2D eigenvalue weighted by atomic mass is 10.2. The number of carbonyl (C=O) groups excluding carboxylic acids is 1. The number of ether oxygens (including phenoxy) is 1. The monoisotopic (exact) mass is 335 g/mol. The first-order valence-electron chi connectivity index (χ1n) is 6.52. The molecule has 9 heteroatoms. The van der Waals surface area contributed by atoms with Gasteiger partial charge < -0.3 is 10.1 Å². The van der Waals surface area contributed by atoms with Crippen LogP contribution in [0.5, 0.6) is 0 Å². The lowest BCUT2D eigenvalue weighted by Crippen LogP contribution is -2.12. The van der Waals surface area contributed by atoms with E-state index in [2.05, 4.69) is 25.1 Å². The van der Waals surface area contributed by atoms with Crippen LogP contribution in [-0.2, 0) is 4.74 Å². The third kappa shape index (κ3) is 2.80. The van der Waals surface area contributed by atoms with Gasteiger partial charge in [0.25, 0.3) is 0 Å². The van der Waals surface area contributed by atoms with Crippen molar-refractivity contribution in [2.75, 3.05) is 12.4 Å². The van der Waals surface area contributed by atoms with Gasteiger partial charge in [-0.05, 0) is 36.7 Å². The smallest absolute Gasteiger partial charge is 0.434 e. The molecule has 0 unspecified atom stereocenters. The summed E-state index contributed by atoms with van der Waals surface area (Å²) in [5.74, 6) is -0.668. The van der Waals surface area contributed by atoms with E-state index in [1.54, 1.807) is 25.1 Å². The van der Waals surface area contributed by atoms with Crippen LogP contribution in [0, 0.1) is 12.7 Å². The van der Waals surface area contributed by atoms with Crippen LogP contribution in [0.15, 0.2) is 24.4 Å². The van der Waals surface area contributed by atoms with Crippen LogP contribution in [0.4, 0.5) is 20.7 Å². The summed E-state index contributed by atoms with van der Waals surface area (Å²) >= 11 is 5.66. The molecule has 1 N–H and O–H groups in total. The topological polar surface area (TPSA) is 81.9 Å². The number of fused-ring (bicyclic) bond motifs is 1. The number of rotatable bonds is 2. The van der Waals surface area contributed by atoms with E-state index in [4.69, 9.17) is 11.6 Å². The van der Waals surface area contributed by atoms with Gasteiger partial charge in [-0.1, -0.05) is 0 Å². The van der Waals surface area contributed by atoms with Crippen LogP contribution >= 0.6 is 11.6 Å². The Bertz CT molecular complexity index is 912. The molecule has 0 spiro atoms. The van der Waals surface area contributed by atoms with Crippen molar-refractivity contribution in [1.29, 1.82) is 0 Å². The third-order valence-electron chi connectivity index (χ3n) is 3.19. The largest absolute Gasteiger partial charge is 0.451 e. The first-order valence-corrected chi connectivity index (χ1v) is 6.90. The number of aromatic nitrogens is 4. The maximum Gasteiger partial charge on any atom is 0.434 e. The van der Waals surface area contributed by atoms with Crippen molar-refractivity contribution >= 4 is 40.1 Å². The molecule has 3 aromatic rings. The van der Waals surface area contributed by atoms with Crippen molar-refractivity contribution in [1.82, 2.24) is 19.7 Å². The highest BCUT2D eigenvalue weighted by Gasteiger charge is 2.14. The van der Waals surface area contributed by atoms with Gasteiger partial charge in [0.15, 0.2) is 11.6 Å². The molecule has 0 atom stereocenters. The van der Waals surface area contributed by atoms with E-state index in [1.807, 2.05) is 0 Å². The zero-order valence-electron chi connectivity index (χ0n) is 12.2. The number of benzene rings is 1. The Labute approximate surface area is 135 Å². The summed E-state index contributed by atoms with van der Waals surface area (Å²) in [4.78, 5) is 19.0. The van der Waals surface area contributed by atoms with E-state index in [1.165, 1.54) is 7.11 Å². The molecule has 0 saturated heterocycles. The molecule has 7 nitrogen and oxygen atoms in total. The summed E-state index contributed by atoms with van der Waals surface area (Å²) in [5.41, 5.74) is 1.79. The van der Waals surface area contributed by atoms with Crippen LogP contribution in [0.2, 0.25) is 5.28 Å². The van der Waals surface area contributed by atoms with E-state index in [9.17, 15) is 9.18 Å². The first-order chi connectivity index (χ1) is 11.0. The molecule has 0 amide bonds. The van der Waals surface area contributed by atoms with Crippen molar-refractivity contribution in [3.8, 4) is 0 Å². The highest BCUT2D eigenvalue weighted by atomic mass is 35.5. The minimum Gasteiger partial charge on any atom is -0.451 e. The lowest BCUT2D eigenvalue weighted by Gasteiger charge is -2.07. The van der Waals surface area contributed by atoms with Crippen molar-refractivity contribution in [2.24, 2.45) is 0 Å². The van der Waals surface area contributed by atoms with Gasteiger partial charge >= 0.3 is 6.09 Å². The molecule has 2 heterocycles. The Hall–Kier alpha value is -2.74. The van der Waals surface area contributed by atoms with Gasteiger partial charge in [-0.3, -0.25) is 0 Å². The summed E-state index contributed by atoms with van der Waals surface area (Å²) in [6.45, 7) is 1.76. The molecule has 0 saturated carbocycles. The molecular weight excluding hydrogens is 325 g/mol. The van der Waals surface area contributed by atoms with Gasteiger partial charge in [0.05, 0.1) is 24.5 Å². The highest BCUT2D eigenvalue weighted by molar-refractivity contribution is 6.28. The summed E-state index contributed by atoms with van der Waals surface area (Å²) < 4.78 is 19.5. The fourth-order valence-electron chi connectivity index (χ4n) is 2.14. The van der Waals surface area contributed by atoms with Gasteiger partial charge in [-0.25, -0.2) is 14.2 Å². The Morgan fingerprint density at radius 2 is 2.22 bits per heavy atom. The van der Waals surface area contributed by atoms with Crippen molar-refractivity contribution < 1.29 is 13.9 Å². The van der Waals surface area contributed by atoms with Gasteiger partial charge in [-0.15, -0.1) is 0 Å². The molecule has 0 radical (unpaired) electrons. The number of nitrogens with one attached hydrogen (secondary N) is 1. The minimum absolute atomic E-state index is 0.0395. The maximum atomic E-state index is 13.7. The lowest BCUT2D eigenvalue weighted by molar-refractivity contribution is 0.170. The Balaban J connectivity index is 2.02. The van der Waals surface area contributed by atoms with Crippen LogP contribution in [0.25, 0.3) is 10.9 Å². The summed E-state index contributed by atoms with van der Waals surface area (Å²) in [5, 5.41) is 7.61. The summed E-state index contributed by atoms with van der Waals surface area (Å²) in [7, 11) is 1.28. The Morgan fingerprint density at radius 1 is 1.43 bits per heavy atom. The van der Waals surface area contributed by atoms with Crippen LogP contribution < -0.4 is 5.32 Å². The molecule has 0 fully saturated rings. The third-order valence-corrected chi connectivity index (χ3v) is 3.37. The van der Waals surface area contributed by atoms with Crippen LogP contribution in [0.3, 0.4) is 0 Å². The minimum atomic E-state index is -0.628. The van der Waals surface area contributed by atoms with E-state index in [0.717, 1.165) is 16.3 Å². The number of aryl methyl sites for hydroxylation is 1. The van der Waals surface area contributed by atoms with Gasteiger partial charge in [-0.2, -0.15) is 14.8 Å². The quantitative estimate of drug-likeness (QED) is 0.724. The second-order valence-electron chi connectivity index (χ2n) is 4.66. The summed E-state index contributed by atoms with van der Waals surface area (Å²) in [6, 6.07) is 5.07. The molecular formula is C14H11ClFN5O2. The van der Waals surface area contributed by atoms with E-state index in [0.29, 0.717) is 16.9 Å². The zero-order chi connectivity index (χ0) is 16.6. The predicted octanol–water partition coefficient (Wildman–Crippen LogP) is 3.29. The highest BCUT2D eigenvalue weighted by Crippen LogP contribution is 2.25. The fourth-order valence-corrected chi connectivity index (χ4v) is 2.27. The van der Waals surface area contributed by atoms with Gasteiger partial charge in [0, 0.05) is 11.1 Å². The van der Waals surface area contributed by atoms with Crippen LogP contribution in [0.1, 0.15) is 5.69 Å². The number of anilines is 2. The number of hydrogen-bond acceptors (Lipinski definition) is 6. The molecule has 1 aromatic carbocycles. The Morgan fingerprint density at radius 3 is 2.96 bits per heavy atom.